The third kappa shape index (κ3) is 2.96. The fourth-order valence-electron chi connectivity index (χ4n) is 2.99. The third-order valence-electron chi connectivity index (χ3n) is 4.35. The minimum Gasteiger partial charge on any atom is -0.292 e. The number of nitrogens with zero attached hydrogens (tertiary/aromatic N) is 3. The summed E-state index contributed by atoms with van der Waals surface area (Å²) in [5.74, 6) is 0.563. The zero-order valence-electron chi connectivity index (χ0n) is 13.8. The van der Waals surface area contributed by atoms with E-state index in [9.17, 15) is 9.00 Å². The molecule has 3 heterocycles. The van der Waals surface area contributed by atoms with E-state index >= 15 is 0 Å². The number of fused-ring (bicyclic) bond motifs is 1. The first-order valence-electron chi connectivity index (χ1n) is 8.11. The molecule has 0 amide bonds. The Morgan fingerprint density at radius 1 is 1.16 bits per heavy atom. The fraction of sp³-hybridized carbons (Fsp3) is 0.222. The predicted molar refractivity (Wildman–Crippen MR) is 95.9 cm³/mol. The summed E-state index contributed by atoms with van der Waals surface area (Å²) in [6.45, 7) is 3.04. The van der Waals surface area contributed by atoms with E-state index in [0.29, 0.717) is 25.3 Å². The highest BCUT2D eigenvalue weighted by Crippen LogP contribution is 2.20. The average molecular weight is 354 g/mol. The van der Waals surface area contributed by atoms with Crippen LogP contribution in [-0.2, 0) is 24.0 Å². The van der Waals surface area contributed by atoms with Gasteiger partial charge in [0.15, 0.2) is 5.82 Å². The number of benzene rings is 1. The van der Waals surface area contributed by atoms with Gasteiger partial charge in [-0.1, -0.05) is 23.8 Å². The molecule has 1 aliphatic heterocycles. The fourth-order valence-corrected chi connectivity index (χ4v) is 4.16. The van der Waals surface area contributed by atoms with Crippen molar-refractivity contribution in [3.8, 4) is 5.82 Å². The van der Waals surface area contributed by atoms with Gasteiger partial charge in [0.1, 0.15) is 11.0 Å². The third-order valence-corrected chi connectivity index (χ3v) is 5.81. The summed E-state index contributed by atoms with van der Waals surface area (Å²) in [6, 6.07) is 13.1. The number of nitrogens with one attached hydrogen (secondary N) is 1. The SMILES string of the molecule is Cc1ccc(S(=O)N2CCc3c([nH]n(-c4ccccn4)c3=O)C2)cc1. The number of hydrogen-bond acceptors (Lipinski definition) is 3. The molecule has 7 heteroatoms. The molecular weight excluding hydrogens is 336 g/mol. The Bertz CT molecular complexity index is 977. The summed E-state index contributed by atoms with van der Waals surface area (Å²) in [4.78, 5) is 17.6. The van der Waals surface area contributed by atoms with Gasteiger partial charge in [0.25, 0.3) is 5.56 Å². The second-order valence-electron chi connectivity index (χ2n) is 6.07. The lowest BCUT2D eigenvalue weighted by Gasteiger charge is -2.24. The van der Waals surface area contributed by atoms with Crippen LogP contribution in [0.25, 0.3) is 5.82 Å². The number of pyridine rings is 1. The average Bonchev–Trinajstić information content (AvgIpc) is 2.99. The van der Waals surface area contributed by atoms with Gasteiger partial charge < -0.3 is 0 Å². The Morgan fingerprint density at radius 2 is 1.96 bits per heavy atom. The van der Waals surface area contributed by atoms with Gasteiger partial charge in [0, 0.05) is 18.3 Å². The first kappa shape index (κ1) is 16.0. The lowest BCUT2D eigenvalue weighted by atomic mass is 10.1. The van der Waals surface area contributed by atoms with Gasteiger partial charge in [-0.2, -0.15) is 0 Å². The van der Waals surface area contributed by atoms with Crippen molar-refractivity contribution in [3.63, 3.8) is 0 Å². The molecule has 0 spiro atoms. The van der Waals surface area contributed by atoms with Gasteiger partial charge in [0.2, 0.25) is 0 Å². The summed E-state index contributed by atoms with van der Waals surface area (Å²) >= 11 is 0. The van der Waals surface area contributed by atoms with Crippen LogP contribution in [0.2, 0.25) is 0 Å². The summed E-state index contributed by atoms with van der Waals surface area (Å²) in [5.41, 5.74) is 2.62. The van der Waals surface area contributed by atoms with Crippen LogP contribution >= 0.6 is 0 Å². The first-order chi connectivity index (χ1) is 12.1. The van der Waals surface area contributed by atoms with Crippen LogP contribution in [0.4, 0.5) is 0 Å². The van der Waals surface area contributed by atoms with Crippen molar-refractivity contribution < 1.29 is 4.21 Å². The van der Waals surface area contributed by atoms with Crippen LogP contribution < -0.4 is 5.56 Å². The minimum atomic E-state index is -1.24. The number of H-pyrrole nitrogens is 1. The molecule has 1 N–H and O–H groups in total. The molecule has 2 aromatic heterocycles. The van der Waals surface area contributed by atoms with E-state index in [1.165, 1.54) is 4.68 Å². The van der Waals surface area contributed by atoms with Crippen LogP contribution in [0.3, 0.4) is 0 Å². The predicted octanol–water partition coefficient (Wildman–Crippen LogP) is 1.95. The van der Waals surface area contributed by atoms with Gasteiger partial charge >= 0.3 is 0 Å². The largest absolute Gasteiger partial charge is 0.292 e. The summed E-state index contributed by atoms with van der Waals surface area (Å²) in [5, 5.41) is 3.13. The highest BCUT2D eigenvalue weighted by molar-refractivity contribution is 7.82. The topological polar surface area (TPSA) is 71.0 Å². The molecule has 25 heavy (non-hydrogen) atoms. The molecule has 1 atom stereocenters. The summed E-state index contributed by atoms with van der Waals surface area (Å²) < 4.78 is 16.2. The van der Waals surface area contributed by atoms with Gasteiger partial charge in [0.05, 0.1) is 17.1 Å². The Balaban J connectivity index is 1.62. The summed E-state index contributed by atoms with van der Waals surface area (Å²) in [6.07, 6.45) is 2.22. The zero-order valence-corrected chi connectivity index (χ0v) is 14.6. The molecule has 0 saturated carbocycles. The van der Waals surface area contributed by atoms with E-state index in [1.54, 1.807) is 12.3 Å². The Labute approximate surface area is 147 Å². The highest BCUT2D eigenvalue weighted by atomic mass is 32.2. The molecule has 128 valence electrons. The van der Waals surface area contributed by atoms with Crippen LogP contribution in [0.5, 0.6) is 0 Å². The van der Waals surface area contributed by atoms with Gasteiger partial charge in [-0.05, 0) is 37.6 Å². The van der Waals surface area contributed by atoms with Crippen LogP contribution in [0.15, 0.2) is 58.4 Å². The molecule has 0 bridgehead atoms. The van der Waals surface area contributed by atoms with Crippen molar-refractivity contribution in [1.82, 2.24) is 19.1 Å². The maximum Gasteiger partial charge on any atom is 0.276 e. The molecule has 0 saturated heterocycles. The van der Waals surface area contributed by atoms with E-state index in [0.717, 1.165) is 21.7 Å². The molecular formula is C18H18N4O2S. The lowest BCUT2D eigenvalue weighted by molar-refractivity contribution is 0.414. The molecule has 0 fully saturated rings. The molecule has 1 aliphatic rings. The Hall–Kier alpha value is -2.51. The number of rotatable bonds is 3. The zero-order chi connectivity index (χ0) is 17.4. The van der Waals surface area contributed by atoms with Crippen molar-refractivity contribution in [3.05, 3.63) is 75.8 Å². The number of aryl methyl sites for hydroxylation is 1. The van der Waals surface area contributed by atoms with Crippen molar-refractivity contribution in [1.29, 1.82) is 0 Å². The minimum absolute atomic E-state index is 0.0746. The first-order valence-corrected chi connectivity index (χ1v) is 9.22. The van der Waals surface area contributed by atoms with Gasteiger partial charge in [-0.15, -0.1) is 0 Å². The van der Waals surface area contributed by atoms with Crippen LogP contribution in [-0.4, -0.2) is 29.8 Å². The number of aromatic amines is 1. The van der Waals surface area contributed by atoms with E-state index in [2.05, 4.69) is 10.1 Å². The van der Waals surface area contributed by atoms with Crippen LogP contribution in [0, 0.1) is 6.92 Å². The molecule has 1 aromatic carbocycles. The molecule has 0 aliphatic carbocycles. The maximum atomic E-state index is 12.8. The molecule has 1 unspecified atom stereocenters. The van der Waals surface area contributed by atoms with Gasteiger partial charge in [-0.3, -0.25) is 9.89 Å². The monoisotopic (exact) mass is 354 g/mol. The molecule has 6 nitrogen and oxygen atoms in total. The Morgan fingerprint density at radius 3 is 2.68 bits per heavy atom. The van der Waals surface area contributed by atoms with Crippen LogP contribution in [0.1, 0.15) is 16.8 Å². The quantitative estimate of drug-likeness (QED) is 0.781. The smallest absolute Gasteiger partial charge is 0.276 e. The van der Waals surface area contributed by atoms with E-state index in [4.69, 9.17) is 0 Å². The standard InChI is InChI=1S/C18H18N4O2S/c1-13-5-7-14(8-6-13)25(24)21-11-9-15-16(12-21)20-22(18(15)23)17-4-2-3-10-19-17/h2-8,10,20H,9,11-12H2,1H3. The van der Waals surface area contributed by atoms with Crippen molar-refractivity contribution >= 4 is 11.0 Å². The number of aromatic nitrogens is 3. The van der Waals surface area contributed by atoms with Crippen molar-refractivity contribution in [2.75, 3.05) is 6.54 Å². The molecule has 3 aromatic rings. The van der Waals surface area contributed by atoms with Crippen molar-refractivity contribution in [2.45, 2.75) is 24.8 Å². The highest BCUT2D eigenvalue weighted by Gasteiger charge is 2.26. The lowest BCUT2D eigenvalue weighted by Crippen LogP contribution is -2.33. The molecule has 0 radical (unpaired) electrons. The maximum absolute atomic E-state index is 12.8. The second-order valence-corrected chi connectivity index (χ2v) is 7.56. The van der Waals surface area contributed by atoms with E-state index < -0.39 is 11.0 Å². The van der Waals surface area contributed by atoms with Gasteiger partial charge in [-0.25, -0.2) is 18.2 Å². The molecule has 4 rings (SSSR count). The number of hydrogen-bond donors (Lipinski definition) is 1. The van der Waals surface area contributed by atoms with E-state index in [1.807, 2.05) is 47.6 Å². The van der Waals surface area contributed by atoms with E-state index in [-0.39, 0.29) is 5.56 Å². The summed E-state index contributed by atoms with van der Waals surface area (Å²) in [7, 11) is -1.24. The Kier molecular flexibility index (Phi) is 4.10. The normalized spacial score (nSPS) is 15.7. The second kappa shape index (κ2) is 6.42. The van der Waals surface area contributed by atoms with Crippen molar-refractivity contribution in [2.24, 2.45) is 0 Å².